The molecule has 0 aliphatic heterocycles. The number of anilines is 1. The molecule has 29 heavy (non-hydrogen) atoms. The number of thiazole rings is 1. The molecule has 1 aromatic heterocycles. The quantitative estimate of drug-likeness (QED) is 0.278. The molecule has 0 N–H and O–H groups in total. The fourth-order valence-corrected chi connectivity index (χ4v) is 3.89. The minimum Gasteiger partial charge on any atom is -0.497 e. The Morgan fingerprint density at radius 2 is 1.86 bits per heavy atom. The van der Waals surface area contributed by atoms with Gasteiger partial charge in [0, 0.05) is 10.0 Å². The van der Waals surface area contributed by atoms with Gasteiger partial charge in [0.15, 0.2) is 0 Å². The first-order chi connectivity index (χ1) is 14.1. The highest BCUT2D eigenvalue weighted by Crippen LogP contribution is 2.32. The monoisotopic (exact) mass is 465 g/mol. The maximum absolute atomic E-state index is 13.2. The third-order valence-electron chi connectivity index (χ3n) is 4.17. The number of hydrazone groups is 1. The number of aromatic nitrogens is 1. The number of rotatable bonds is 5. The Hall–Kier alpha value is -3.03. The molecule has 0 aliphatic carbocycles. The number of carbonyl (C=O) groups excluding carboxylic acids is 1. The first-order valence-electron chi connectivity index (χ1n) is 8.78. The summed E-state index contributed by atoms with van der Waals surface area (Å²) < 4.78 is 7.19. The zero-order chi connectivity index (χ0) is 20.2. The van der Waals surface area contributed by atoms with E-state index >= 15 is 0 Å². The first kappa shape index (κ1) is 19.3. The molecule has 0 unspecified atom stereocenters. The van der Waals surface area contributed by atoms with Crippen molar-refractivity contribution in [1.29, 1.82) is 0 Å². The molecular formula is C22H16BrN3O2S. The van der Waals surface area contributed by atoms with Gasteiger partial charge in [0.05, 0.1) is 23.5 Å². The van der Waals surface area contributed by atoms with Crippen LogP contribution in [-0.2, 0) is 0 Å². The van der Waals surface area contributed by atoms with Crippen LogP contribution in [-0.4, -0.2) is 24.2 Å². The molecule has 0 radical (unpaired) electrons. The number of ether oxygens (including phenoxy) is 1. The van der Waals surface area contributed by atoms with Crippen LogP contribution < -0.4 is 9.75 Å². The van der Waals surface area contributed by atoms with Gasteiger partial charge in [-0.05, 0) is 48.0 Å². The van der Waals surface area contributed by atoms with Crippen molar-refractivity contribution in [3.05, 3.63) is 88.4 Å². The summed E-state index contributed by atoms with van der Waals surface area (Å²) in [5.41, 5.74) is 2.20. The number of hydrogen-bond acceptors (Lipinski definition) is 5. The summed E-state index contributed by atoms with van der Waals surface area (Å²) in [6.07, 6.45) is 1.65. The minimum atomic E-state index is -0.245. The molecule has 0 fully saturated rings. The van der Waals surface area contributed by atoms with Crippen LogP contribution in [0.2, 0.25) is 0 Å². The van der Waals surface area contributed by atoms with Gasteiger partial charge >= 0.3 is 0 Å². The number of benzene rings is 3. The predicted octanol–water partition coefficient (Wildman–Crippen LogP) is 5.75. The third-order valence-corrected chi connectivity index (χ3v) is 5.69. The van der Waals surface area contributed by atoms with Crippen molar-refractivity contribution in [2.75, 3.05) is 12.1 Å². The van der Waals surface area contributed by atoms with Gasteiger partial charge in [-0.3, -0.25) is 4.79 Å². The molecule has 1 heterocycles. The second kappa shape index (κ2) is 8.55. The van der Waals surface area contributed by atoms with Gasteiger partial charge < -0.3 is 4.74 Å². The first-order valence-corrected chi connectivity index (χ1v) is 10.4. The zero-order valence-electron chi connectivity index (χ0n) is 15.4. The van der Waals surface area contributed by atoms with E-state index in [0.717, 1.165) is 26.0 Å². The van der Waals surface area contributed by atoms with Gasteiger partial charge in [0.25, 0.3) is 5.91 Å². The maximum Gasteiger partial charge on any atom is 0.280 e. The summed E-state index contributed by atoms with van der Waals surface area (Å²) in [6, 6.07) is 22.4. The topological polar surface area (TPSA) is 54.8 Å². The van der Waals surface area contributed by atoms with E-state index in [1.54, 1.807) is 25.5 Å². The van der Waals surface area contributed by atoms with Crippen LogP contribution in [0, 0.1) is 0 Å². The Morgan fingerprint density at radius 1 is 1.10 bits per heavy atom. The summed E-state index contributed by atoms with van der Waals surface area (Å²) >= 11 is 4.81. The highest BCUT2D eigenvalue weighted by atomic mass is 79.9. The molecule has 5 nitrogen and oxygen atoms in total. The van der Waals surface area contributed by atoms with Gasteiger partial charge in [-0.1, -0.05) is 57.6 Å². The second-order valence-corrected chi connectivity index (χ2v) is 8.03. The standard InChI is InChI=1S/C22H16BrN3O2S/c1-28-18-11-12-19-20(13-18)29-22(25-19)26(21(27)16-5-3-2-4-6-16)24-14-15-7-9-17(23)10-8-15/h2-14H,1H3/b24-14+. The number of amides is 1. The van der Waals surface area contributed by atoms with Crippen molar-refractivity contribution in [3.8, 4) is 5.75 Å². The molecule has 3 aromatic carbocycles. The van der Waals surface area contributed by atoms with E-state index in [0.29, 0.717) is 10.7 Å². The molecule has 0 spiro atoms. The van der Waals surface area contributed by atoms with Gasteiger partial charge in [0.2, 0.25) is 5.13 Å². The molecule has 144 valence electrons. The maximum atomic E-state index is 13.2. The predicted molar refractivity (Wildman–Crippen MR) is 121 cm³/mol. The van der Waals surface area contributed by atoms with Crippen LogP contribution in [0.25, 0.3) is 10.2 Å². The van der Waals surface area contributed by atoms with Crippen LogP contribution >= 0.6 is 27.3 Å². The van der Waals surface area contributed by atoms with Crippen molar-refractivity contribution < 1.29 is 9.53 Å². The number of methoxy groups -OCH3 is 1. The Labute approximate surface area is 180 Å². The van der Waals surface area contributed by atoms with E-state index in [-0.39, 0.29) is 5.91 Å². The highest BCUT2D eigenvalue weighted by Gasteiger charge is 2.21. The molecule has 0 aliphatic rings. The Morgan fingerprint density at radius 3 is 2.59 bits per heavy atom. The fourth-order valence-electron chi connectivity index (χ4n) is 2.68. The van der Waals surface area contributed by atoms with E-state index in [1.807, 2.05) is 60.7 Å². The lowest BCUT2D eigenvalue weighted by Gasteiger charge is -2.13. The van der Waals surface area contributed by atoms with Crippen LogP contribution in [0.15, 0.2) is 82.4 Å². The summed E-state index contributed by atoms with van der Waals surface area (Å²) in [7, 11) is 1.62. The third kappa shape index (κ3) is 4.36. The van der Waals surface area contributed by atoms with Crippen molar-refractivity contribution >= 4 is 54.7 Å². The number of fused-ring (bicyclic) bond motifs is 1. The molecule has 1 amide bonds. The normalized spacial score (nSPS) is 11.1. The average Bonchev–Trinajstić information content (AvgIpc) is 3.18. The molecule has 7 heteroatoms. The Balaban J connectivity index is 1.75. The van der Waals surface area contributed by atoms with Crippen molar-refractivity contribution in [1.82, 2.24) is 4.98 Å². The largest absolute Gasteiger partial charge is 0.497 e. The Bertz CT molecular complexity index is 1170. The molecule has 4 rings (SSSR count). The van der Waals surface area contributed by atoms with E-state index in [9.17, 15) is 4.79 Å². The lowest BCUT2D eigenvalue weighted by atomic mass is 10.2. The van der Waals surface area contributed by atoms with E-state index < -0.39 is 0 Å². The van der Waals surface area contributed by atoms with E-state index in [1.165, 1.54) is 16.3 Å². The fraction of sp³-hybridized carbons (Fsp3) is 0.0455. The highest BCUT2D eigenvalue weighted by molar-refractivity contribution is 9.10. The van der Waals surface area contributed by atoms with Gasteiger partial charge in [-0.2, -0.15) is 10.1 Å². The smallest absolute Gasteiger partial charge is 0.280 e. The molecule has 0 saturated carbocycles. The van der Waals surface area contributed by atoms with E-state index in [4.69, 9.17) is 4.74 Å². The van der Waals surface area contributed by atoms with Crippen molar-refractivity contribution in [3.63, 3.8) is 0 Å². The number of nitrogens with zero attached hydrogens (tertiary/aromatic N) is 3. The van der Waals surface area contributed by atoms with Crippen LogP contribution in [0.3, 0.4) is 0 Å². The summed E-state index contributed by atoms with van der Waals surface area (Å²) in [6.45, 7) is 0. The zero-order valence-corrected chi connectivity index (χ0v) is 17.9. The van der Waals surface area contributed by atoms with Crippen molar-refractivity contribution in [2.24, 2.45) is 5.10 Å². The van der Waals surface area contributed by atoms with Gasteiger partial charge in [0.1, 0.15) is 5.75 Å². The second-order valence-electron chi connectivity index (χ2n) is 6.11. The van der Waals surface area contributed by atoms with Gasteiger partial charge in [-0.25, -0.2) is 4.98 Å². The molecular weight excluding hydrogens is 450 g/mol. The molecule has 0 saturated heterocycles. The molecule has 4 aromatic rings. The van der Waals surface area contributed by atoms with E-state index in [2.05, 4.69) is 26.0 Å². The molecule has 0 atom stereocenters. The lowest BCUT2D eigenvalue weighted by Crippen LogP contribution is -2.25. The Kier molecular flexibility index (Phi) is 5.69. The van der Waals surface area contributed by atoms with Crippen molar-refractivity contribution in [2.45, 2.75) is 0 Å². The lowest BCUT2D eigenvalue weighted by molar-refractivity contribution is 0.0988. The van der Waals surface area contributed by atoms with Crippen LogP contribution in [0.1, 0.15) is 15.9 Å². The summed E-state index contributed by atoms with van der Waals surface area (Å²) in [5, 5.41) is 6.31. The van der Waals surface area contributed by atoms with Crippen LogP contribution in [0.5, 0.6) is 5.75 Å². The SMILES string of the molecule is COc1ccc2nc(N(/N=C/c3ccc(Br)cc3)C(=O)c3ccccc3)sc2c1. The van der Waals surface area contributed by atoms with Crippen LogP contribution in [0.4, 0.5) is 5.13 Å². The van der Waals surface area contributed by atoms with Gasteiger partial charge in [-0.15, -0.1) is 0 Å². The number of hydrogen-bond donors (Lipinski definition) is 0. The summed E-state index contributed by atoms with van der Waals surface area (Å²) in [5.74, 6) is 0.497. The number of halogens is 1. The molecule has 0 bridgehead atoms. The minimum absolute atomic E-state index is 0.245. The number of carbonyl (C=O) groups is 1. The summed E-state index contributed by atoms with van der Waals surface area (Å²) in [4.78, 5) is 17.8. The average molecular weight is 466 g/mol.